The fraction of sp³-hybridized carbons (Fsp3) is 0.524. The summed E-state index contributed by atoms with van der Waals surface area (Å²) in [4.78, 5) is 30.1. The Bertz CT molecular complexity index is 839. The molecular formula is C21H28ClN3O2S. The van der Waals surface area contributed by atoms with Crippen molar-refractivity contribution in [2.75, 3.05) is 39.3 Å². The quantitative estimate of drug-likeness (QED) is 0.824. The van der Waals surface area contributed by atoms with Crippen molar-refractivity contribution < 1.29 is 9.59 Å². The van der Waals surface area contributed by atoms with Gasteiger partial charge in [-0.15, -0.1) is 23.7 Å². The molecule has 1 N–H and O–H groups in total. The number of fused-ring (bicyclic) bond motifs is 1. The van der Waals surface area contributed by atoms with Crippen molar-refractivity contribution in [3.05, 3.63) is 34.7 Å². The van der Waals surface area contributed by atoms with Crippen molar-refractivity contribution in [1.82, 2.24) is 15.1 Å². The van der Waals surface area contributed by atoms with Crippen molar-refractivity contribution in [1.29, 1.82) is 0 Å². The van der Waals surface area contributed by atoms with Gasteiger partial charge in [0.05, 0.1) is 4.88 Å². The van der Waals surface area contributed by atoms with Crippen LogP contribution in [0.25, 0.3) is 10.1 Å². The predicted molar refractivity (Wildman–Crippen MR) is 117 cm³/mol. The second-order valence-electron chi connectivity index (χ2n) is 7.62. The van der Waals surface area contributed by atoms with Crippen molar-refractivity contribution in [2.45, 2.75) is 26.2 Å². The highest BCUT2D eigenvalue weighted by atomic mass is 35.5. The third-order valence-electron chi connectivity index (χ3n) is 5.89. The average Bonchev–Trinajstić information content (AvgIpc) is 3.34. The standard InChI is InChI=1S/C21H27N3O2S.ClH/c1-15-17-4-2-3-5-18(17)27-20(15)21(26)24-12-10-23(11-13-24)19(25)7-6-16-8-9-22-14-16;/h2-5,16,22H,6-14H2,1H3;1H. The van der Waals surface area contributed by atoms with Crippen LogP contribution in [-0.2, 0) is 4.79 Å². The summed E-state index contributed by atoms with van der Waals surface area (Å²) in [6, 6.07) is 8.18. The molecular weight excluding hydrogens is 394 g/mol. The molecule has 1 aromatic carbocycles. The molecule has 2 fully saturated rings. The number of halogens is 1. The van der Waals surface area contributed by atoms with Crippen LogP contribution in [0, 0.1) is 12.8 Å². The maximum Gasteiger partial charge on any atom is 0.264 e. The molecule has 2 aliphatic rings. The Morgan fingerprint density at radius 1 is 1.14 bits per heavy atom. The van der Waals surface area contributed by atoms with Crippen LogP contribution in [0.4, 0.5) is 0 Å². The van der Waals surface area contributed by atoms with Crippen LogP contribution >= 0.6 is 23.7 Å². The molecule has 2 aliphatic heterocycles. The van der Waals surface area contributed by atoms with Gasteiger partial charge in [0.1, 0.15) is 0 Å². The number of carbonyl (C=O) groups is 2. The number of thiophene rings is 1. The molecule has 2 amide bonds. The number of hydrogen-bond acceptors (Lipinski definition) is 4. The molecule has 2 saturated heterocycles. The van der Waals surface area contributed by atoms with Crippen LogP contribution < -0.4 is 5.32 Å². The molecule has 3 heterocycles. The molecule has 5 nitrogen and oxygen atoms in total. The molecule has 0 radical (unpaired) electrons. The van der Waals surface area contributed by atoms with Crippen LogP contribution in [0.2, 0.25) is 0 Å². The van der Waals surface area contributed by atoms with E-state index in [-0.39, 0.29) is 24.2 Å². The van der Waals surface area contributed by atoms with Gasteiger partial charge in [-0.25, -0.2) is 0 Å². The predicted octanol–water partition coefficient (Wildman–Crippen LogP) is 3.31. The molecule has 1 aromatic heterocycles. The number of carbonyl (C=O) groups excluding carboxylic acids is 2. The van der Waals surface area contributed by atoms with E-state index >= 15 is 0 Å². The maximum atomic E-state index is 13.0. The summed E-state index contributed by atoms with van der Waals surface area (Å²) in [6.07, 6.45) is 2.80. The minimum Gasteiger partial charge on any atom is -0.339 e. The molecule has 0 saturated carbocycles. The molecule has 0 aliphatic carbocycles. The molecule has 2 aromatic rings. The van der Waals surface area contributed by atoms with Gasteiger partial charge < -0.3 is 15.1 Å². The highest BCUT2D eigenvalue weighted by Crippen LogP contribution is 2.31. The Labute approximate surface area is 176 Å². The first-order valence-electron chi connectivity index (χ1n) is 9.89. The van der Waals surface area contributed by atoms with Crippen molar-refractivity contribution in [3.8, 4) is 0 Å². The fourth-order valence-electron chi connectivity index (χ4n) is 4.13. The normalized spacial score (nSPS) is 19.7. The van der Waals surface area contributed by atoms with Crippen LogP contribution in [0.15, 0.2) is 24.3 Å². The minimum atomic E-state index is 0. The number of rotatable bonds is 4. The Morgan fingerprint density at radius 2 is 1.86 bits per heavy atom. The second kappa shape index (κ2) is 9.25. The van der Waals surface area contributed by atoms with Gasteiger partial charge in [-0.05, 0) is 55.8 Å². The van der Waals surface area contributed by atoms with E-state index in [0.717, 1.165) is 34.7 Å². The Morgan fingerprint density at radius 3 is 2.54 bits per heavy atom. The van der Waals surface area contributed by atoms with Gasteiger partial charge in [0.25, 0.3) is 5.91 Å². The fourth-order valence-corrected chi connectivity index (χ4v) is 5.30. The van der Waals surface area contributed by atoms with Crippen LogP contribution in [0.1, 0.15) is 34.5 Å². The number of amides is 2. The Hall–Kier alpha value is -1.63. The summed E-state index contributed by atoms with van der Waals surface area (Å²) in [5.41, 5.74) is 1.07. The first-order chi connectivity index (χ1) is 13.1. The zero-order valence-corrected chi connectivity index (χ0v) is 17.9. The summed E-state index contributed by atoms with van der Waals surface area (Å²) in [7, 11) is 0. The van der Waals surface area contributed by atoms with E-state index in [2.05, 4.69) is 17.4 Å². The maximum absolute atomic E-state index is 13.0. The highest BCUT2D eigenvalue weighted by Gasteiger charge is 2.27. The lowest BCUT2D eigenvalue weighted by molar-refractivity contribution is -0.132. The van der Waals surface area contributed by atoms with Crippen molar-refractivity contribution in [2.24, 2.45) is 5.92 Å². The van der Waals surface area contributed by atoms with E-state index in [9.17, 15) is 9.59 Å². The highest BCUT2D eigenvalue weighted by molar-refractivity contribution is 7.21. The average molecular weight is 422 g/mol. The molecule has 4 rings (SSSR count). The largest absolute Gasteiger partial charge is 0.339 e. The van der Waals surface area contributed by atoms with E-state index in [1.165, 1.54) is 11.8 Å². The SMILES string of the molecule is Cc1c(C(=O)N2CCN(C(=O)CCC3CCNC3)CC2)sc2ccccc12.Cl. The lowest BCUT2D eigenvalue weighted by Gasteiger charge is -2.35. The van der Waals surface area contributed by atoms with Gasteiger partial charge in [-0.3, -0.25) is 9.59 Å². The number of nitrogens with one attached hydrogen (secondary N) is 1. The summed E-state index contributed by atoms with van der Waals surface area (Å²) in [5, 5.41) is 4.52. The van der Waals surface area contributed by atoms with Gasteiger partial charge in [0, 0.05) is 37.3 Å². The molecule has 0 spiro atoms. The number of aryl methyl sites for hydroxylation is 1. The first-order valence-corrected chi connectivity index (χ1v) is 10.7. The lowest BCUT2D eigenvalue weighted by atomic mass is 10.0. The first kappa shape index (κ1) is 21.1. The second-order valence-corrected chi connectivity index (χ2v) is 8.68. The third kappa shape index (κ3) is 4.34. The third-order valence-corrected chi connectivity index (χ3v) is 7.15. The van der Waals surface area contributed by atoms with Crippen LogP contribution in [0.5, 0.6) is 0 Å². The number of piperazine rings is 1. The van der Waals surface area contributed by atoms with Gasteiger partial charge in [0.15, 0.2) is 0 Å². The summed E-state index contributed by atoms with van der Waals surface area (Å²) < 4.78 is 1.16. The number of nitrogens with zero attached hydrogens (tertiary/aromatic N) is 2. The van der Waals surface area contributed by atoms with E-state index < -0.39 is 0 Å². The smallest absolute Gasteiger partial charge is 0.264 e. The zero-order valence-electron chi connectivity index (χ0n) is 16.3. The molecule has 1 unspecified atom stereocenters. The number of benzene rings is 1. The van der Waals surface area contributed by atoms with E-state index in [1.807, 2.05) is 28.9 Å². The van der Waals surface area contributed by atoms with E-state index in [4.69, 9.17) is 0 Å². The lowest BCUT2D eigenvalue weighted by Crippen LogP contribution is -2.50. The van der Waals surface area contributed by atoms with E-state index in [1.54, 1.807) is 11.3 Å². The van der Waals surface area contributed by atoms with Gasteiger partial charge in [-0.1, -0.05) is 18.2 Å². The van der Waals surface area contributed by atoms with Crippen molar-refractivity contribution in [3.63, 3.8) is 0 Å². The van der Waals surface area contributed by atoms with Crippen LogP contribution in [0.3, 0.4) is 0 Å². The van der Waals surface area contributed by atoms with Gasteiger partial charge >= 0.3 is 0 Å². The summed E-state index contributed by atoms with van der Waals surface area (Å²) >= 11 is 1.58. The summed E-state index contributed by atoms with van der Waals surface area (Å²) in [6.45, 7) is 6.71. The number of hydrogen-bond donors (Lipinski definition) is 1. The molecule has 152 valence electrons. The topological polar surface area (TPSA) is 52.7 Å². The Balaban J connectivity index is 0.00000225. The molecule has 7 heteroatoms. The van der Waals surface area contributed by atoms with Crippen LogP contribution in [-0.4, -0.2) is 60.9 Å². The summed E-state index contributed by atoms with van der Waals surface area (Å²) in [5.74, 6) is 0.998. The monoisotopic (exact) mass is 421 g/mol. The zero-order chi connectivity index (χ0) is 18.8. The minimum absolute atomic E-state index is 0. The Kier molecular flexibility index (Phi) is 6.96. The molecule has 1 atom stereocenters. The van der Waals surface area contributed by atoms with E-state index in [0.29, 0.717) is 38.5 Å². The van der Waals surface area contributed by atoms with Crippen molar-refractivity contribution >= 4 is 45.6 Å². The van der Waals surface area contributed by atoms with Gasteiger partial charge in [-0.2, -0.15) is 0 Å². The van der Waals surface area contributed by atoms with Gasteiger partial charge in [0.2, 0.25) is 5.91 Å². The molecule has 28 heavy (non-hydrogen) atoms. The molecule has 0 bridgehead atoms.